The van der Waals surface area contributed by atoms with Crippen LogP contribution >= 0.6 is 11.8 Å². The van der Waals surface area contributed by atoms with Gasteiger partial charge in [-0.25, -0.2) is 4.98 Å². The maximum atomic E-state index is 13.0. The summed E-state index contributed by atoms with van der Waals surface area (Å²) in [6, 6.07) is 9.57. The molecule has 0 aliphatic carbocycles. The molecule has 0 bridgehead atoms. The first-order chi connectivity index (χ1) is 13.4. The van der Waals surface area contributed by atoms with Crippen molar-refractivity contribution in [3.8, 4) is 17.2 Å². The van der Waals surface area contributed by atoms with Crippen LogP contribution in [0.2, 0.25) is 0 Å². The third-order valence-corrected chi connectivity index (χ3v) is 4.64. The van der Waals surface area contributed by atoms with E-state index in [4.69, 9.17) is 4.74 Å². The van der Waals surface area contributed by atoms with E-state index in [0.29, 0.717) is 17.5 Å². The second-order valence-electron chi connectivity index (χ2n) is 5.82. The van der Waals surface area contributed by atoms with Gasteiger partial charge in [-0.3, -0.25) is 4.79 Å². The molecule has 1 amide bonds. The van der Waals surface area contributed by atoms with Gasteiger partial charge in [-0.1, -0.05) is 11.8 Å². The lowest BCUT2D eigenvalue weighted by Crippen LogP contribution is -2.25. The van der Waals surface area contributed by atoms with E-state index in [9.17, 15) is 13.6 Å². The van der Waals surface area contributed by atoms with Gasteiger partial charge < -0.3 is 24.5 Å². The summed E-state index contributed by atoms with van der Waals surface area (Å²) in [6.07, 6.45) is -3.69. The van der Waals surface area contributed by atoms with Crippen LogP contribution in [0.3, 0.4) is 0 Å². The average molecular weight is 407 g/mol. The minimum absolute atomic E-state index is 0.0777. The largest absolute Gasteiger partial charge is 0.586 e. The van der Waals surface area contributed by atoms with Gasteiger partial charge in [0, 0.05) is 17.8 Å². The molecule has 10 heteroatoms. The number of ether oxygens (including phenoxy) is 3. The van der Waals surface area contributed by atoms with Crippen molar-refractivity contribution in [3.05, 3.63) is 36.4 Å². The zero-order chi connectivity index (χ0) is 19.7. The maximum absolute atomic E-state index is 13.0. The molecular formula is C18H15F2N3O4S. The Labute approximate surface area is 162 Å². The van der Waals surface area contributed by atoms with Crippen molar-refractivity contribution < 1.29 is 27.8 Å². The topological polar surface area (TPSA) is 85.5 Å². The number of benzene rings is 2. The van der Waals surface area contributed by atoms with Crippen molar-refractivity contribution in [1.29, 1.82) is 0 Å². The number of rotatable bonds is 6. The number of carbonyl (C=O) groups excluding carboxylic acids is 1. The zero-order valence-corrected chi connectivity index (χ0v) is 15.4. The summed E-state index contributed by atoms with van der Waals surface area (Å²) in [4.78, 5) is 19.7. The molecule has 2 N–H and O–H groups in total. The van der Waals surface area contributed by atoms with E-state index in [1.807, 2.05) is 25.1 Å². The Morgan fingerprint density at radius 3 is 2.89 bits per heavy atom. The molecule has 2 aromatic carbocycles. The Kier molecular flexibility index (Phi) is 4.71. The predicted octanol–water partition coefficient (Wildman–Crippen LogP) is 4.01. The van der Waals surface area contributed by atoms with Crippen molar-refractivity contribution >= 4 is 34.4 Å². The molecule has 146 valence electrons. The maximum Gasteiger partial charge on any atom is 0.586 e. The van der Waals surface area contributed by atoms with Gasteiger partial charge in [-0.15, -0.1) is 8.78 Å². The number of nitrogens with one attached hydrogen (secondary N) is 2. The predicted molar refractivity (Wildman–Crippen MR) is 99.3 cm³/mol. The summed E-state index contributed by atoms with van der Waals surface area (Å²) in [7, 11) is 0. The van der Waals surface area contributed by atoms with Gasteiger partial charge in [-0.2, -0.15) is 0 Å². The van der Waals surface area contributed by atoms with Gasteiger partial charge in [0.2, 0.25) is 5.91 Å². The molecule has 2 heterocycles. The number of aromatic amines is 1. The van der Waals surface area contributed by atoms with Gasteiger partial charge in [-0.05, 0) is 31.2 Å². The molecule has 1 aromatic heterocycles. The summed E-state index contributed by atoms with van der Waals surface area (Å²) >= 11 is 1.22. The minimum Gasteiger partial charge on any atom is -0.494 e. The number of hydrogen-bond donors (Lipinski definition) is 2. The molecule has 0 fully saturated rings. The van der Waals surface area contributed by atoms with Crippen LogP contribution in [-0.2, 0) is 4.79 Å². The lowest BCUT2D eigenvalue weighted by molar-refractivity contribution is -0.286. The molecule has 4 rings (SSSR count). The molecule has 7 nitrogen and oxygen atoms in total. The SMILES string of the molecule is CCOc1ccc2nc(SCC(=O)Nc3ccc4c(c3)OC(F)(F)O4)[nH]c2c1. The van der Waals surface area contributed by atoms with E-state index in [1.165, 1.54) is 30.0 Å². The molecule has 0 unspecified atom stereocenters. The number of thioether (sulfide) groups is 1. The summed E-state index contributed by atoms with van der Waals surface area (Å²) in [5, 5.41) is 3.21. The van der Waals surface area contributed by atoms with Crippen molar-refractivity contribution in [2.75, 3.05) is 17.7 Å². The molecule has 0 spiro atoms. The van der Waals surface area contributed by atoms with E-state index >= 15 is 0 Å². The number of alkyl halides is 2. The van der Waals surface area contributed by atoms with E-state index in [1.54, 1.807) is 0 Å². The highest BCUT2D eigenvalue weighted by atomic mass is 32.2. The van der Waals surface area contributed by atoms with Crippen LogP contribution in [0.15, 0.2) is 41.6 Å². The Bertz CT molecular complexity index is 1040. The molecule has 0 saturated carbocycles. The van der Waals surface area contributed by atoms with E-state index < -0.39 is 6.29 Å². The summed E-state index contributed by atoms with van der Waals surface area (Å²) < 4.78 is 40.2. The molecular weight excluding hydrogens is 392 g/mol. The monoisotopic (exact) mass is 407 g/mol. The molecule has 1 aliphatic rings. The molecule has 0 radical (unpaired) electrons. The van der Waals surface area contributed by atoms with E-state index in [0.717, 1.165) is 16.8 Å². The van der Waals surface area contributed by atoms with Crippen LogP contribution in [0.25, 0.3) is 11.0 Å². The van der Waals surface area contributed by atoms with Crippen LogP contribution in [0.4, 0.5) is 14.5 Å². The number of imidazole rings is 1. The van der Waals surface area contributed by atoms with Crippen molar-refractivity contribution in [1.82, 2.24) is 9.97 Å². The van der Waals surface area contributed by atoms with Gasteiger partial charge in [0.1, 0.15) is 5.75 Å². The number of anilines is 1. The van der Waals surface area contributed by atoms with Crippen LogP contribution in [0.1, 0.15) is 6.92 Å². The summed E-state index contributed by atoms with van der Waals surface area (Å²) in [6.45, 7) is 2.47. The number of amides is 1. The first-order valence-electron chi connectivity index (χ1n) is 8.37. The lowest BCUT2D eigenvalue weighted by Gasteiger charge is -2.05. The summed E-state index contributed by atoms with van der Waals surface area (Å²) in [5.41, 5.74) is 1.91. The van der Waals surface area contributed by atoms with Crippen molar-refractivity contribution in [2.45, 2.75) is 18.4 Å². The third kappa shape index (κ3) is 3.96. The fourth-order valence-corrected chi connectivity index (χ4v) is 3.33. The van der Waals surface area contributed by atoms with Crippen LogP contribution in [0.5, 0.6) is 17.2 Å². The quantitative estimate of drug-likeness (QED) is 0.601. The average Bonchev–Trinajstić information content (AvgIpc) is 3.18. The minimum atomic E-state index is -3.69. The van der Waals surface area contributed by atoms with E-state index in [-0.39, 0.29) is 23.2 Å². The van der Waals surface area contributed by atoms with Gasteiger partial charge >= 0.3 is 6.29 Å². The first-order valence-corrected chi connectivity index (χ1v) is 9.35. The highest BCUT2D eigenvalue weighted by molar-refractivity contribution is 7.99. The number of carbonyl (C=O) groups is 1. The van der Waals surface area contributed by atoms with Crippen molar-refractivity contribution in [2.24, 2.45) is 0 Å². The molecule has 1 aliphatic heterocycles. The molecule has 0 atom stereocenters. The lowest BCUT2D eigenvalue weighted by atomic mass is 10.3. The standard InChI is InChI=1S/C18H15F2N3O4S/c1-2-25-11-4-5-12-13(8-11)23-17(22-12)28-9-16(24)21-10-3-6-14-15(7-10)27-18(19,20)26-14/h3-8H,2,9H2,1H3,(H,21,24)(H,22,23). The molecule has 28 heavy (non-hydrogen) atoms. The Morgan fingerprint density at radius 2 is 2.07 bits per heavy atom. The fourth-order valence-electron chi connectivity index (χ4n) is 2.65. The fraction of sp³-hybridized carbons (Fsp3) is 0.222. The second kappa shape index (κ2) is 7.19. The first kappa shape index (κ1) is 18.4. The van der Waals surface area contributed by atoms with Crippen LogP contribution in [-0.4, -0.2) is 34.5 Å². The smallest absolute Gasteiger partial charge is 0.494 e. The highest BCUT2D eigenvalue weighted by Gasteiger charge is 2.43. The Balaban J connectivity index is 1.37. The normalized spacial score (nSPS) is 14.2. The number of nitrogens with zero attached hydrogens (tertiary/aromatic N) is 1. The zero-order valence-electron chi connectivity index (χ0n) is 14.6. The number of aromatic nitrogens is 2. The Morgan fingerprint density at radius 1 is 1.25 bits per heavy atom. The Hall–Kier alpha value is -3.01. The summed E-state index contributed by atoms with van der Waals surface area (Å²) in [5.74, 6) is 0.305. The number of halogens is 2. The van der Waals surface area contributed by atoms with Crippen LogP contribution in [0, 0.1) is 0 Å². The second-order valence-corrected chi connectivity index (χ2v) is 6.78. The van der Waals surface area contributed by atoms with Gasteiger partial charge in [0.25, 0.3) is 0 Å². The molecule has 0 saturated heterocycles. The molecule has 3 aromatic rings. The number of H-pyrrole nitrogens is 1. The van der Waals surface area contributed by atoms with Gasteiger partial charge in [0.15, 0.2) is 16.7 Å². The highest BCUT2D eigenvalue weighted by Crippen LogP contribution is 2.42. The number of hydrogen-bond acceptors (Lipinski definition) is 6. The van der Waals surface area contributed by atoms with Crippen LogP contribution < -0.4 is 19.5 Å². The van der Waals surface area contributed by atoms with Gasteiger partial charge in [0.05, 0.1) is 23.4 Å². The van der Waals surface area contributed by atoms with Crippen molar-refractivity contribution in [3.63, 3.8) is 0 Å². The van der Waals surface area contributed by atoms with E-state index in [2.05, 4.69) is 24.8 Å². The third-order valence-electron chi connectivity index (χ3n) is 3.77. The number of fused-ring (bicyclic) bond motifs is 2.